The molecule has 0 aliphatic carbocycles. The van der Waals surface area contributed by atoms with E-state index in [1.165, 1.54) is 0 Å². The summed E-state index contributed by atoms with van der Waals surface area (Å²) < 4.78 is 0.851. The Kier molecular flexibility index (Phi) is 5.46. The summed E-state index contributed by atoms with van der Waals surface area (Å²) in [5, 5.41) is 8.56. The summed E-state index contributed by atoms with van der Waals surface area (Å²) in [6.45, 7) is 3.92. The summed E-state index contributed by atoms with van der Waals surface area (Å²) in [6, 6.07) is 4.98. The third kappa shape index (κ3) is 3.67. The Bertz CT molecular complexity index is 696. The number of halogens is 4. The van der Waals surface area contributed by atoms with Crippen LogP contribution in [0.5, 0.6) is 0 Å². The van der Waals surface area contributed by atoms with Gasteiger partial charge in [-0.2, -0.15) is 0 Å². The predicted octanol–water partition coefficient (Wildman–Crippen LogP) is 5.40. The normalized spacial score (nSPS) is 11.0. The lowest BCUT2D eigenvalue weighted by Gasteiger charge is -2.10. The Hall–Kier alpha value is -0.430. The first-order chi connectivity index (χ1) is 9.81. The molecule has 0 saturated heterocycles. The van der Waals surface area contributed by atoms with Crippen LogP contribution in [0.15, 0.2) is 18.2 Å². The highest BCUT2D eigenvalue weighted by atomic mass is 127. The molecule has 0 atom stereocenters. The highest BCUT2D eigenvalue weighted by Crippen LogP contribution is 2.30. The maximum Gasteiger partial charge on any atom is 0.216 e. The number of carbonyl (C=O) groups excluding carboxylic acids is 1. The van der Waals surface area contributed by atoms with Crippen molar-refractivity contribution in [3.8, 4) is 0 Å². The molecule has 0 fully saturated rings. The first-order valence-electron chi connectivity index (χ1n) is 6.03. The number of ketones is 1. The summed E-state index contributed by atoms with van der Waals surface area (Å²) in [5.41, 5.74) is 1.16. The van der Waals surface area contributed by atoms with E-state index < -0.39 is 0 Å². The molecule has 7 heteroatoms. The number of nitrogens with zero attached hydrogens (tertiary/aromatic N) is 2. The summed E-state index contributed by atoms with van der Waals surface area (Å²) in [6.07, 6.45) is 0. The van der Waals surface area contributed by atoms with Crippen LogP contribution in [0.4, 0.5) is 0 Å². The van der Waals surface area contributed by atoms with Crippen LogP contribution in [0.1, 0.15) is 41.4 Å². The van der Waals surface area contributed by atoms with E-state index >= 15 is 0 Å². The largest absolute Gasteiger partial charge is 0.287 e. The average molecular weight is 456 g/mol. The summed E-state index contributed by atoms with van der Waals surface area (Å²) in [7, 11) is 0. The number of aromatic nitrogens is 2. The quantitative estimate of drug-likeness (QED) is 0.460. The van der Waals surface area contributed by atoms with Gasteiger partial charge in [-0.05, 0) is 52.3 Å². The molecule has 0 bridgehead atoms. The molecule has 0 radical (unpaired) electrons. The zero-order valence-electron chi connectivity index (χ0n) is 11.1. The minimum atomic E-state index is -0.368. The van der Waals surface area contributed by atoms with E-state index in [2.05, 4.69) is 32.8 Å². The summed E-state index contributed by atoms with van der Waals surface area (Å²) in [4.78, 5) is 12.6. The molecular formula is C14H10Cl3IN2O. The SMILES string of the molecule is CC(C)c1cc(C(=O)c2c(Cl)cc(I)cc2Cl)nnc1Cl. The fourth-order valence-corrected chi connectivity index (χ4v) is 3.75. The number of benzene rings is 1. The second kappa shape index (κ2) is 6.77. The Morgan fingerprint density at radius 1 is 1.10 bits per heavy atom. The Morgan fingerprint density at radius 2 is 1.67 bits per heavy atom. The summed E-state index contributed by atoms with van der Waals surface area (Å²) >= 11 is 20.3. The lowest BCUT2D eigenvalue weighted by atomic mass is 10.0. The zero-order valence-corrected chi connectivity index (χ0v) is 15.5. The van der Waals surface area contributed by atoms with Gasteiger partial charge in [0.15, 0.2) is 5.15 Å². The first kappa shape index (κ1) is 16.9. The molecule has 0 saturated carbocycles. The van der Waals surface area contributed by atoms with Crippen molar-refractivity contribution >= 4 is 63.2 Å². The van der Waals surface area contributed by atoms with Gasteiger partial charge >= 0.3 is 0 Å². The predicted molar refractivity (Wildman–Crippen MR) is 93.7 cm³/mol. The van der Waals surface area contributed by atoms with Crippen molar-refractivity contribution in [2.45, 2.75) is 19.8 Å². The average Bonchev–Trinajstić information content (AvgIpc) is 2.37. The second-order valence-electron chi connectivity index (χ2n) is 4.70. The van der Waals surface area contributed by atoms with Gasteiger partial charge < -0.3 is 0 Å². The molecule has 1 heterocycles. The molecule has 0 N–H and O–H groups in total. The maximum absolute atomic E-state index is 12.6. The highest BCUT2D eigenvalue weighted by molar-refractivity contribution is 14.1. The molecule has 0 aliphatic rings. The van der Waals surface area contributed by atoms with Crippen molar-refractivity contribution in [3.05, 3.63) is 53.8 Å². The van der Waals surface area contributed by atoms with Crippen molar-refractivity contribution in [2.24, 2.45) is 0 Å². The van der Waals surface area contributed by atoms with E-state index in [9.17, 15) is 4.79 Å². The van der Waals surface area contributed by atoms with Crippen molar-refractivity contribution in [2.75, 3.05) is 0 Å². The van der Waals surface area contributed by atoms with E-state index in [0.29, 0.717) is 15.2 Å². The van der Waals surface area contributed by atoms with Crippen molar-refractivity contribution in [1.29, 1.82) is 0 Å². The molecule has 110 valence electrons. The summed E-state index contributed by atoms with van der Waals surface area (Å²) in [5.74, 6) is -0.241. The van der Waals surface area contributed by atoms with Crippen LogP contribution >= 0.6 is 57.4 Å². The molecule has 0 unspecified atom stereocenters. The standard InChI is InChI=1S/C14H10Cl3IN2O/c1-6(2)8-5-11(19-20-14(8)17)13(21)12-9(15)3-7(18)4-10(12)16/h3-6H,1-2H3. The minimum Gasteiger partial charge on any atom is -0.287 e. The van der Waals surface area contributed by atoms with E-state index in [-0.39, 0.29) is 23.0 Å². The van der Waals surface area contributed by atoms with Crippen molar-refractivity contribution < 1.29 is 4.79 Å². The molecule has 21 heavy (non-hydrogen) atoms. The van der Waals surface area contributed by atoms with Gasteiger partial charge in [0.2, 0.25) is 5.78 Å². The first-order valence-corrected chi connectivity index (χ1v) is 8.25. The van der Waals surface area contributed by atoms with E-state index in [0.717, 1.165) is 9.13 Å². The minimum absolute atomic E-state index is 0.127. The van der Waals surface area contributed by atoms with Gasteiger partial charge in [0.25, 0.3) is 0 Å². The number of rotatable bonds is 3. The molecule has 2 aromatic rings. The Morgan fingerprint density at radius 3 is 2.19 bits per heavy atom. The maximum atomic E-state index is 12.6. The van der Waals surface area contributed by atoms with Crippen molar-refractivity contribution in [1.82, 2.24) is 10.2 Å². The van der Waals surface area contributed by atoms with Crippen molar-refractivity contribution in [3.63, 3.8) is 0 Å². The van der Waals surface area contributed by atoms with Crippen LogP contribution < -0.4 is 0 Å². The third-order valence-corrected chi connectivity index (χ3v) is 4.38. The van der Waals surface area contributed by atoms with Gasteiger partial charge in [0, 0.05) is 3.57 Å². The molecular weight excluding hydrogens is 445 g/mol. The Labute approximate surface area is 151 Å². The lowest BCUT2D eigenvalue weighted by molar-refractivity contribution is 0.103. The molecule has 3 nitrogen and oxygen atoms in total. The molecule has 1 aromatic heterocycles. The van der Waals surface area contributed by atoms with Gasteiger partial charge in [-0.15, -0.1) is 10.2 Å². The zero-order chi connectivity index (χ0) is 15.7. The van der Waals surface area contributed by atoms with Gasteiger partial charge in [-0.25, -0.2) is 0 Å². The third-order valence-electron chi connectivity index (χ3n) is 2.86. The van der Waals surface area contributed by atoms with E-state index in [1.54, 1.807) is 18.2 Å². The fraction of sp³-hybridized carbons (Fsp3) is 0.214. The number of hydrogen-bond acceptors (Lipinski definition) is 3. The van der Waals surface area contributed by atoms with Gasteiger partial charge in [-0.3, -0.25) is 4.79 Å². The van der Waals surface area contributed by atoms with Crippen LogP contribution in [-0.4, -0.2) is 16.0 Å². The van der Waals surface area contributed by atoms with E-state index in [4.69, 9.17) is 34.8 Å². The smallest absolute Gasteiger partial charge is 0.216 e. The highest BCUT2D eigenvalue weighted by Gasteiger charge is 2.21. The van der Waals surface area contributed by atoms with Gasteiger partial charge in [0.05, 0.1) is 15.6 Å². The fourth-order valence-electron chi connectivity index (χ4n) is 1.79. The van der Waals surface area contributed by atoms with Crippen LogP contribution in [0.3, 0.4) is 0 Å². The second-order valence-corrected chi connectivity index (χ2v) is 7.12. The van der Waals surface area contributed by atoms with Gasteiger partial charge in [-0.1, -0.05) is 48.7 Å². The molecule has 0 spiro atoms. The van der Waals surface area contributed by atoms with Crippen LogP contribution in [0.2, 0.25) is 15.2 Å². The molecule has 0 amide bonds. The van der Waals surface area contributed by atoms with Crippen LogP contribution in [0, 0.1) is 3.57 Å². The Balaban J connectivity index is 2.53. The number of hydrogen-bond donors (Lipinski definition) is 0. The molecule has 0 aliphatic heterocycles. The van der Waals surface area contributed by atoms with Crippen LogP contribution in [0.25, 0.3) is 0 Å². The van der Waals surface area contributed by atoms with E-state index in [1.807, 2.05) is 13.8 Å². The molecule has 2 rings (SSSR count). The van der Waals surface area contributed by atoms with Crippen LogP contribution in [-0.2, 0) is 0 Å². The van der Waals surface area contributed by atoms with Gasteiger partial charge in [0.1, 0.15) is 5.69 Å². The lowest BCUT2D eigenvalue weighted by Crippen LogP contribution is -2.09. The topological polar surface area (TPSA) is 42.9 Å². The molecule has 1 aromatic carbocycles. The number of carbonyl (C=O) groups is 1. The monoisotopic (exact) mass is 454 g/mol.